The minimum Gasteiger partial charge on any atom is -0.468 e. The lowest BCUT2D eigenvalue weighted by molar-refractivity contribution is -0.141. The van der Waals surface area contributed by atoms with Crippen LogP contribution < -0.4 is 4.80 Å². The molecule has 1 saturated heterocycles. The quantitative estimate of drug-likeness (QED) is 0.588. The van der Waals surface area contributed by atoms with Gasteiger partial charge in [0.05, 0.1) is 17.3 Å². The number of aromatic nitrogens is 1. The van der Waals surface area contributed by atoms with Gasteiger partial charge in [-0.25, -0.2) is 8.42 Å². The van der Waals surface area contributed by atoms with Gasteiger partial charge < -0.3 is 14.2 Å². The number of esters is 1. The summed E-state index contributed by atoms with van der Waals surface area (Å²) in [6, 6.07) is 7.17. The standard InChI is InChI=1S/C20H25N3O6S2/c1-14-7-5-6-10-22(14)18(25)13-31(27,28)12-17(24)21-20-23(11-19(26)29-2)15-8-3-4-9-16(15)30-20/h3-4,8-9,14H,5-7,10-13H2,1-2H3. The summed E-state index contributed by atoms with van der Waals surface area (Å²) in [4.78, 5) is 42.4. The Labute approximate surface area is 184 Å². The first kappa shape index (κ1) is 23.1. The van der Waals surface area contributed by atoms with Crippen LogP contribution in [0.1, 0.15) is 26.2 Å². The maximum absolute atomic E-state index is 12.5. The highest BCUT2D eigenvalue weighted by molar-refractivity contribution is 7.92. The van der Waals surface area contributed by atoms with Crippen LogP contribution in [0.3, 0.4) is 0 Å². The SMILES string of the molecule is COC(=O)Cn1c(=NC(=O)CS(=O)(=O)CC(=O)N2CCCCC2C)sc2ccccc21. The first-order valence-corrected chi connectivity index (χ1v) is 12.6. The Bertz CT molecular complexity index is 1170. The van der Waals surface area contributed by atoms with E-state index in [0.29, 0.717) is 12.1 Å². The number of benzene rings is 1. The van der Waals surface area contributed by atoms with Gasteiger partial charge in [0.15, 0.2) is 14.6 Å². The Morgan fingerprint density at radius 3 is 2.65 bits per heavy atom. The van der Waals surface area contributed by atoms with E-state index >= 15 is 0 Å². The van der Waals surface area contributed by atoms with E-state index in [1.165, 1.54) is 23.0 Å². The number of piperidine rings is 1. The van der Waals surface area contributed by atoms with Crippen LogP contribution in [0.4, 0.5) is 0 Å². The van der Waals surface area contributed by atoms with E-state index < -0.39 is 39.1 Å². The van der Waals surface area contributed by atoms with Crippen molar-refractivity contribution in [1.29, 1.82) is 0 Å². The van der Waals surface area contributed by atoms with Crippen molar-refractivity contribution < 1.29 is 27.5 Å². The summed E-state index contributed by atoms with van der Waals surface area (Å²) in [7, 11) is -2.72. The number of methoxy groups -OCH3 is 1. The Morgan fingerprint density at radius 1 is 1.19 bits per heavy atom. The van der Waals surface area contributed by atoms with Crippen molar-refractivity contribution >= 4 is 49.2 Å². The molecule has 2 heterocycles. The normalized spacial score (nSPS) is 17.7. The molecule has 3 rings (SSSR count). The molecule has 11 heteroatoms. The highest BCUT2D eigenvalue weighted by Crippen LogP contribution is 2.18. The summed E-state index contributed by atoms with van der Waals surface area (Å²) in [6.45, 7) is 2.26. The van der Waals surface area contributed by atoms with Crippen molar-refractivity contribution in [1.82, 2.24) is 9.47 Å². The number of hydrogen-bond acceptors (Lipinski definition) is 7. The van der Waals surface area contributed by atoms with Gasteiger partial charge in [0.1, 0.15) is 18.1 Å². The monoisotopic (exact) mass is 467 g/mol. The van der Waals surface area contributed by atoms with Crippen LogP contribution in [0.15, 0.2) is 29.3 Å². The third kappa shape index (κ3) is 5.79. The molecule has 1 fully saturated rings. The molecular weight excluding hydrogens is 442 g/mol. The maximum atomic E-state index is 12.5. The number of ether oxygens (including phenoxy) is 1. The molecule has 31 heavy (non-hydrogen) atoms. The lowest BCUT2D eigenvalue weighted by atomic mass is 10.0. The van der Waals surface area contributed by atoms with Crippen LogP contribution in [0.2, 0.25) is 0 Å². The van der Waals surface area contributed by atoms with Gasteiger partial charge in [-0.3, -0.25) is 14.4 Å². The predicted molar refractivity (Wildman–Crippen MR) is 116 cm³/mol. The van der Waals surface area contributed by atoms with Crippen molar-refractivity contribution in [3.8, 4) is 0 Å². The fourth-order valence-corrected chi connectivity index (χ4v) is 5.70. The first-order valence-electron chi connectivity index (χ1n) is 9.93. The highest BCUT2D eigenvalue weighted by atomic mass is 32.2. The van der Waals surface area contributed by atoms with Gasteiger partial charge in [-0.15, -0.1) is 0 Å². The first-order chi connectivity index (χ1) is 14.7. The van der Waals surface area contributed by atoms with E-state index in [1.54, 1.807) is 17.0 Å². The molecule has 0 aliphatic carbocycles. The van der Waals surface area contributed by atoms with E-state index in [-0.39, 0.29) is 17.4 Å². The summed E-state index contributed by atoms with van der Waals surface area (Å²) < 4.78 is 31.9. The fourth-order valence-electron chi connectivity index (χ4n) is 3.57. The molecule has 1 aromatic heterocycles. The molecule has 0 bridgehead atoms. The lowest BCUT2D eigenvalue weighted by Crippen LogP contribution is -2.45. The van der Waals surface area contributed by atoms with Gasteiger partial charge in [0, 0.05) is 12.6 Å². The van der Waals surface area contributed by atoms with Crippen molar-refractivity contribution in [3.05, 3.63) is 29.1 Å². The zero-order valence-electron chi connectivity index (χ0n) is 17.4. The Hall–Kier alpha value is -2.53. The number of fused-ring (bicyclic) bond motifs is 1. The number of carbonyl (C=O) groups excluding carboxylic acids is 3. The van der Waals surface area contributed by atoms with E-state index in [2.05, 4.69) is 4.99 Å². The second-order valence-electron chi connectivity index (χ2n) is 7.48. The van der Waals surface area contributed by atoms with Gasteiger partial charge in [-0.1, -0.05) is 23.5 Å². The number of hydrogen-bond donors (Lipinski definition) is 0. The topological polar surface area (TPSA) is 115 Å². The minimum atomic E-state index is -3.97. The average molecular weight is 468 g/mol. The molecule has 1 atom stereocenters. The van der Waals surface area contributed by atoms with Crippen LogP contribution >= 0.6 is 11.3 Å². The van der Waals surface area contributed by atoms with Gasteiger partial charge >= 0.3 is 5.97 Å². The second kappa shape index (κ2) is 9.73. The van der Waals surface area contributed by atoms with E-state index in [1.807, 2.05) is 19.1 Å². The van der Waals surface area contributed by atoms with Gasteiger partial charge in [0.2, 0.25) is 5.91 Å². The molecule has 1 aromatic carbocycles. The molecule has 9 nitrogen and oxygen atoms in total. The zero-order valence-corrected chi connectivity index (χ0v) is 19.1. The smallest absolute Gasteiger partial charge is 0.325 e. The fraction of sp³-hybridized carbons (Fsp3) is 0.500. The average Bonchev–Trinajstić information content (AvgIpc) is 3.04. The molecule has 168 valence electrons. The maximum Gasteiger partial charge on any atom is 0.325 e. The number of amides is 2. The van der Waals surface area contributed by atoms with Crippen LogP contribution in [-0.2, 0) is 35.5 Å². The summed E-state index contributed by atoms with van der Waals surface area (Å²) in [5.74, 6) is -3.47. The summed E-state index contributed by atoms with van der Waals surface area (Å²) >= 11 is 1.17. The molecule has 1 aliphatic heterocycles. The van der Waals surface area contributed by atoms with E-state index in [9.17, 15) is 22.8 Å². The lowest BCUT2D eigenvalue weighted by Gasteiger charge is -2.33. The molecule has 1 unspecified atom stereocenters. The summed E-state index contributed by atoms with van der Waals surface area (Å²) in [5, 5.41) is 0. The molecule has 0 spiro atoms. The van der Waals surface area contributed by atoms with Crippen molar-refractivity contribution in [3.63, 3.8) is 0 Å². The highest BCUT2D eigenvalue weighted by Gasteiger charge is 2.28. The van der Waals surface area contributed by atoms with Crippen molar-refractivity contribution in [2.75, 3.05) is 25.2 Å². The van der Waals surface area contributed by atoms with Crippen molar-refractivity contribution in [2.24, 2.45) is 4.99 Å². The number of rotatable bonds is 6. The molecule has 0 N–H and O–H groups in total. The number of para-hydroxylation sites is 1. The number of thiazole rings is 1. The number of likely N-dealkylation sites (tertiary alicyclic amines) is 1. The van der Waals surface area contributed by atoms with Gasteiger partial charge in [-0.2, -0.15) is 4.99 Å². The van der Waals surface area contributed by atoms with Crippen LogP contribution in [0.5, 0.6) is 0 Å². The predicted octanol–water partition coefficient (Wildman–Crippen LogP) is 1.12. The van der Waals surface area contributed by atoms with Gasteiger partial charge in [0.25, 0.3) is 5.91 Å². The van der Waals surface area contributed by atoms with Crippen LogP contribution in [0.25, 0.3) is 10.2 Å². The summed E-state index contributed by atoms with van der Waals surface area (Å²) in [6.07, 6.45) is 2.69. The Morgan fingerprint density at radius 2 is 1.94 bits per heavy atom. The molecule has 2 amide bonds. The summed E-state index contributed by atoms with van der Waals surface area (Å²) in [5.41, 5.74) is 0.682. The Balaban J connectivity index is 1.80. The molecule has 0 radical (unpaired) electrons. The zero-order chi connectivity index (χ0) is 22.6. The molecule has 2 aromatic rings. The second-order valence-corrected chi connectivity index (χ2v) is 10.6. The largest absolute Gasteiger partial charge is 0.468 e. The third-order valence-corrected chi connectivity index (χ3v) is 7.57. The number of carbonyl (C=O) groups is 3. The number of sulfone groups is 1. The molecular formula is C20H25N3O6S2. The van der Waals surface area contributed by atoms with Gasteiger partial charge in [-0.05, 0) is 38.3 Å². The van der Waals surface area contributed by atoms with Crippen LogP contribution in [-0.4, -0.2) is 66.9 Å². The third-order valence-electron chi connectivity index (χ3n) is 5.13. The Kier molecular flexibility index (Phi) is 7.26. The number of nitrogens with zero attached hydrogens (tertiary/aromatic N) is 3. The van der Waals surface area contributed by atoms with E-state index in [0.717, 1.165) is 24.0 Å². The van der Waals surface area contributed by atoms with Crippen molar-refractivity contribution in [2.45, 2.75) is 38.8 Å². The molecule has 1 aliphatic rings. The van der Waals surface area contributed by atoms with E-state index in [4.69, 9.17) is 4.74 Å². The van der Waals surface area contributed by atoms with Crippen LogP contribution in [0, 0.1) is 0 Å². The minimum absolute atomic E-state index is 0.00679. The molecule has 0 saturated carbocycles.